The summed E-state index contributed by atoms with van der Waals surface area (Å²) in [6.45, 7) is 1.61. The Labute approximate surface area is 145 Å². The zero-order valence-corrected chi connectivity index (χ0v) is 14.2. The first-order valence-electron chi connectivity index (χ1n) is 8.58. The standard InChI is InChI=1S/C18H22FN3O3/c1-12-6-4-5-9-18(12)16(24)22(17(25)21-18)11-15(23)20-10-13-7-2-3-8-14(13)19/h2-3,7-8,12H,4-6,9-11H2,1H3,(H,20,23)(H,21,25). The van der Waals surface area contributed by atoms with Crippen molar-refractivity contribution in [2.45, 2.75) is 44.7 Å². The number of halogens is 1. The third-order valence-corrected chi connectivity index (χ3v) is 5.24. The van der Waals surface area contributed by atoms with Crippen molar-refractivity contribution in [3.05, 3.63) is 35.6 Å². The van der Waals surface area contributed by atoms with E-state index in [9.17, 15) is 18.8 Å². The van der Waals surface area contributed by atoms with Crippen molar-refractivity contribution in [2.24, 2.45) is 5.92 Å². The summed E-state index contributed by atoms with van der Waals surface area (Å²) < 4.78 is 13.6. The van der Waals surface area contributed by atoms with Gasteiger partial charge in [0.1, 0.15) is 17.9 Å². The predicted octanol–water partition coefficient (Wildman–Crippen LogP) is 1.94. The average molecular weight is 347 g/mol. The van der Waals surface area contributed by atoms with Crippen LogP contribution in [-0.4, -0.2) is 34.8 Å². The smallest absolute Gasteiger partial charge is 0.325 e. The van der Waals surface area contributed by atoms with Gasteiger partial charge in [0, 0.05) is 12.1 Å². The molecule has 2 unspecified atom stereocenters. The van der Waals surface area contributed by atoms with Crippen LogP contribution in [0.1, 0.15) is 38.2 Å². The Bertz CT molecular complexity index is 709. The molecule has 25 heavy (non-hydrogen) atoms. The van der Waals surface area contributed by atoms with E-state index in [1.807, 2.05) is 6.92 Å². The van der Waals surface area contributed by atoms with Gasteiger partial charge in [0.05, 0.1) is 0 Å². The maximum atomic E-state index is 13.6. The Balaban J connectivity index is 1.62. The zero-order chi connectivity index (χ0) is 18.0. The quantitative estimate of drug-likeness (QED) is 0.817. The van der Waals surface area contributed by atoms with Gasteiger partial charge in [-0.1, -0.05) is 38.0 Å². The molecule has 2 atom stereocenters. The molecule has 2 fully saturated rings. The fourth-order valence-corrected chi connectivity index (χ4v) is 3.67. The lowest BCUT2D eigenvalue weighted by atomic mass is 9.73. The van der Waals surface area contributed by atoms with Crippen LogP contribution in [0.2, 0.25) is 0 Å². The van der Waals surface area contributed by atoms with Crippen LogP contribution in [0, 0.1) is 11.7 Å². The van der Waals surface area contributed by atoms with Crippen molar-refractivity contribution in [3.8, 4) is 0 Å². The first-order valence-corrected chi connectivity index (χ1v) is 8.58. The van der Waals surface area contributed by atoms with Crippen LogP contribution in [0.5, 0.6) is 0 Å². The molecule has 1 aromatic carbocycles. The molecule has 7 heteroatoms. The number of nitrogens with one attached hydrogen (secondary N) is 2. The number of carbonyl (C=O) groups excluding carboxylic acids is 3. The molecular formula is C18H22FN3O3. The first-order chi connectivity index (χ1) is 11.9. The number of hydrogen-bond acceptors (Lipinski definition) is 3. The molecule has 0 aromatic heterocycles. The number of carbonyl (C=O) groups is 3. The topological polar surface area (TPSA) is 78.5 Å². The molecule has 1 heterocycles. The maximum absolute atomic E-state index is 13.6. The molecule has 1 saturated heterocycles. The number of imide groups is 1. The van der Waals surface area contributed by atoms with Gasteiger partial charge in [-0.15, -0.1) is 0 Å². The zero-order valence-electron chi connectivity index (χ0n) is 14.2. The number of hydrogen-bond donors (Lipinski definition) is 2. The van der Waals surface area contributed by atoms with Gasteiger partial charge in [0.25, 0.3) is 5.91 Å². The molecule has 2 aliphatic rings. The highest BCUT2D eigenvalue weighted by atomic mass is 19.1. The Morgan fingerprint density at radius 1 is 1.36 bits per heavy atom. The van der Waals surface area contributed by atoms with E-state index in [-0.39, 0.29) is 24.9 Å². The van der Waals surface area contributed by atoms with Crippen molar-refractivity contribution in [3.63, 3.8) is 0 Å². The van der Waals surface area contributed by atoms with Crippen LogP contribution in [0.3, 0.4) is 0 Å². The molecule has 2 N–H and O–H groups in total. The van der Waals surface area contributed by atoms with E-state index < -0.39 is 23.3 Å². The Hall–Kier alpha value is -2.44. The molecule has 1 aromatic rings. The summed E-state index contributed by atoms with van der Waals surface area (Å²) in [6.07, 6.45) is 3.39. The molecule has 1 spiro atoms. The van der Waals surface area contributed by atoms with E-state index in [0.717, 1.165) is 24.2 Å². The van der Waals surface area contributed by atoms with Crippen molar-refractivity contribution < 1.29 is 18.8 Å². The van der Waals surface area contributed by atoms with Crippen molar-refractivity contribution in [1.29, 1.82) is 0 Å². The highest BCUT2D eigenvalue weighted by Gasteiger charge is 2.55. The van der Waals surface area contributed by atoms with E-state index in [4.69, 9.17) is 0 Å². The number of benzene rings is 1. The summed E-state index contributed by atoms with van der Waals surface area (Å²) >= 11 is 0. The predicted molar refractivity (Wildman–Crippen MR) is 88.9 cm³/mol. The van der Waals surface area contributed by atoms with Gasteiger partial charge in [0.2, 0.25) is 5.91 Å². The van der Waals surface area contributed by atoms with Gasteiger partial charge >= 0.3 is 6.03 Å². The van der Waals surface area contributed by atoms with Gasteiger partial charge in [0.15, 0.2) is 0 Å². The first kappa shape index (κ1) is 17.4. The minimum atomic E-state index is -0.874. The maximum Gasteiger partial charge on any atom is 0.325 e. The second-order valence-electron chi connectivity index (χ2n) is 6.81. The molecule has 1 aliphatic heterocycles. The third kappa shape index (κ3) is 3.23. The molecular weight excluding hydrogens is 325 g/mol. The molecule has 1 saturated carbocycles. The second kappa shape index (κ2) is 6.82. The van der Waals surface area contributed by atoms with Crippen LogP contribution in [-0.2, 0) is 16.1 Å². The summed E-state index contributed by atoms with van der Waals surface area (Å²) in [5, 5.41) is 5.36. The minimum Gasteiger partial charge on any atom is -0.350 e. The van der Waals surface area contributed by atoms with Crippen LogP contribution < -0.4 is 10.6 Å². The fourth-order valence-electron chi connectivity index (χ4n) is 3.67. The summed E-state index contributed by atoms with van der Waals surface area (Å²) in [4.78, 5) is 38.1. The summed E-state index contributed by atoms with van der Waals surface area (Å²) in [5.74, 6) is -1.19. The van der Waals surface area contributed by atoms with Crippen LogP contribution >= 0.6 is 0 Å². The van der Waals surface area contributed by atoms with Gasteiger partial charge in [-0.05, 0) is 24.8 Å². The lowest BCUT2D eigenvalue weighted by Crippen LogP contribution is -2.54. The van der Waals surface area contributed by atoms with Gasteiger partial charge in [-0.2, -0.15) is 0 Å². The Morgan fingerprint density at radius 3 is 2.84 bits per heavy atom. The largest absolute Gasteiger partial charge is 0.350 e. The highest BCUT2D eigenvalue weighted by molar-refractivity contribution is 6.09. The van der Waals surface area contributed by atoms with Crippen molar-refractivity contribution in [1.82, 2.24) is 15.5 Å². The Kier molecular flexibility index (Phi) is 4.74. The highest BCUT2D eigenvalue weighted by Crippen LogP contribution is 2.38. The summed E-state index contributed by atoms with van der Waals surface area (Å²) in [6, 6.07) is 5.60. The minimum absolute atomic E-state index is 0.0106. The SMILES string of the molecule is CC1CCCCC12NC(=O)N(CC(=O)NCc1ccccc1F)C2=O. The second-order valence-corrected chi connectivity index (χ2v) is 6.81. The van der Waals surface area contributed by atoms with Crippen molar-refractivity contribution >= 4 is 17.8 Å². The van der Waals surface area contributed by atoms with Gasteiger partial charge in [-0.3, -0.25) is 14.5 Å². The van der Waals surface area contributed by atoms with Gasteiger partial charge < -0.3 is 10.6 Å². The molecule has 4 amide bonds. The van der Waals surface area contributed by atoms with Crippen molar-refractivity contribution in [2.75, 3.05) is 6.54 Å². The number of urea groups is 1. The van der Waals surface area contributed by atoms with E-state index in [1.54, 1.807) is 18.2 Å². The van der Waals surface area contributed by atoms with Crippen LogP contribution in [0.4, 0.5) is 9.18 Å². The molecule has 3 rings (SSSR count). The lowest BCUT2D eigenvalue weighted by Gasteiger charge is -2.36. The summed E-state index contributed by atoms with van der Waals surface area (Å²) in [7, 11) is 0. The van der Waals surface area contributed by atoms with Crippen LogP contribution in [0.15, 0.2) is 24.3 Å². The molecule has 134 valence electrons. The molecule has 0 bridgehead atoms. The number of amides is 4. The number of rotatable bonds is 4. The lowest BCUT2D eigenvalue weighted by molar-refractivity contribution is -0.137. The number of nitrogens with zero attached hydrogens (tertiary/aromatic N) is 1. The molecule has 1 aliphatic carbocycles. The normalized spacial score (nSPS) is 26.0. The fraction of sp³-hybridized carbons (Fsp3) is 0.500. The molecule has 6 nitrogen and oxygen atoms in total. The summed E-state index contributed by atoms with van der Waals surface area (Å²) in [5.41, 5.74) is -0.522. The van der Waals surface area contributed by atoms with E-state index in [2.05, 4.69) is 10.6 Å². The average Bonchev–Trinajstić information content (AvgIpc) is 2.82. The molecule has 0 radical (unpaired) electrons. The Morgan fingerprint density at radius 2 is 2.12 bits per heavy atom. The third-order valence-electron chi connectivity index (χ3n) is 5.24. The van der Waals surface area contributed by atoms with E-state index in [1.165, 1.54) is 6.07 Å². The van der Waals surface area contributed by atoms with Gasteiger partial charge in [-0.25, -0.2) is 9.18 Å². The van der Waals surface area contributed by atoms with Crippen LogP contribution in [0.25, 0.3) is 0 Å². The van der Waals surface area contributed by atoms with E-state index in [0.29, 0.717) is 12.0 Å². The van der Waals surface area contributed by atoms with E-state index >= 15 is 0 Å². The monoisotopic (exact) mass is 347 g/mol.